The fraction of sp³-hybridized carbons (Fsp3) is 0.579. The van der Waals surface area contributed by atoms with Crippen LogP contribution in [0.2, 0.25) is 0 Å². The molecule has 0 bridgehead atoms. The summed E-state index contributed by atoms with van der Waals surface area (Å²) in [4.78, 5) is 21.0. The number of sulfone groups is 1. The predicted molar refractivity (Wildman–Crippen MR) is 106 cm³/mol. The highest BCUT2D eigenvalue weighted by Crippen LogP contribution is 2.41. The molecule has 2 heterocycles. The Morgan fingerprint density at radius 1 is 1.34 bits per heavy atom. The van der Waals surface area contributed by atoms with Crippen molar-refractivity contribution in [3.05, 3.63) is 35.2 Å². The molecule has 1 aliphatic carbocycles. The summed E-state index contributed by atoms with van der Waals surface area (Å²) in [5.41, 5.74) is -1.29. The molecule has 0 aliphatic heterocycles. The van der Waals surface area contributed by atoms with E-state index in [-0.39, 0.29) is 29.1 Å². The maximum atomic E-state index is 12.9. The largest absolute Gasteiger partial charge is 0.484 e. The van der Waals surface area contributed by atoms with Crippen molar-refractivity contribution in [2.75, 3.05) is 18.6 Å². The Morgan fingerprint density at radius 3 is 2.53 bits per heavy atom. The first-order valence-corrected chi connectivity index (χ1v) is 11.8. The molecule has 2 aromatic rings. The Hall–Kier alpha value is -2.70. The van der Waals surface area contributed by atoms with E-state index in [9.17, 15) is 26.4 Å². The van der Waals surface area contributed by atoms with Gasteiger partial charge in [-0.15, -0.1) is 0 Å². The van der Waals surface area contributed by atoms with Crippen LogP contribution >= 0.6 is 0 Å². The van der Waals surface area contributed by atoms with Crippen molar-refractivity contribution in [3.63, 3.8) is 0 Å². The standard InChI is InChI=1S/C19H23F3N4O5S/c1-11-24-17(26-31-11)18(2,10-32(3,28)29)25-16(27)14-7-15(30-9-19(20,21)22)13(8-23-14)12-5-4-6-12/h7-8,12H,4-6,9-10H2,1-3H3,(H,25,27). The van der Waals surface area contributed by atoms with Crippen LogP contribution in [-0.4, -0.2) is 54.2 Å². The molecule has 0 aromatic carbocycles. The van der Waals surface area contributed by atoms with Crippen LogP contribution in [0.25, 0.3) is 0 Å². The fourth-order valence-electron chi connectivity index (χ4n) is 3.40. The van der Waals surface area contributed by atoms with E-state index < -0.39 is 39.8 Å². The van der Waals surface area contributed by atoms with E-state index in [4.69, 9.17) is 9.26 Å². The molecule has 13 heteroatoms. The van der Waals surface area contributed by atoms with Gasteiger partial charge in [-0.25, -0.2) is 8.42 Å². The number of halogens is 3. The molecule has 9 nitrogen and oxygen atoms in total. The van der Waals surface area contributed by atoms with E-state index in [1.54, 1.807) is 0 Å². The Morgan fingerprint density at radius 2 is 2.03 bits per heavy atom. The van der Waals surface area contributed by atoms with Crippen LogP contribution in [0.5, 0.6) is 5.75 Å². The molecular formula is C19H23F3N4O5S. The molecule has 1 N–H and O–H groups in total. The van der Waals surface area contributed by atoms with Crippen LogP contribution < -0.4 is 10.1 Å². The number of amides is 1. The normalized spacial score (nSPS) is 16.8. The monoisotopic (exact) mass is 476 g/mol. The number of carbonyl (C=O) groups excluding carboxylic acids is 1. The summed E-state index contributed by atoms with van der Waals surface area (Å²) in [7, 11) is -3.60. The van der Waals surface area contributed by atoms with E-state index in [1.165, 1.54) is 20.0 Å². The predicted octanol–water partition coefficient (Wildman–Crippen LogP) is 2.67. The van der Waals surface area contributed by atoms with Crippen LogP contribution in [0, 0.1) is 6.92 Å². The zero-order valence-corrected chi connectivity index (χ0v) is 18.5. The number of ether oxygens (including phenoxy) is 1. The van der Waals surface area contributed by atoms with E-state index in [1.807, 2.05) is 0 Å². The van der Waals surface area contributed by atoms with Crippen molar-refractivity contribution < 1.29 is 35.6 Å². The lowest BCUT2D eigenvalue weighted by atomic mass is 9.80. The lowest BCUT2D eigenvalue weighted by Gasteiger charge is -2.28. The van der Waals surface area contributed by atoms with E-state index in [0.717, 1.165) is 31.6 Å². The van der Waals surface area contributed by atoms with E-state index in [0.29, 0.717) is 5.56 Å². The molecule has 0 radical (unpaired) electrons. The maximum absolute atomic E-state index is 12.9. The number of nitrogens with one attached hydrogen (secondary N) is 1. The molecule has 3 rings (SSSR count). The minimum absolute atomic E-state index is 0.0145. The van der Waals surface area contributed by atoms with Crippen molar-refractivity contribution in [2.45, 2.75) is 50.7 Å². The first-order valence-electron chi connectivity index (χ1n) is 9.76. The molecule has 1 unspecified atom stereocenters. The zero-order chi connectivity index (χ0) is 23.7. The molecule has 0 saturated heterocycles. The SMILES string of the molecule is Cc1nc(C(C)(CS(C)(=O)=O)NC(=O)c2cc(OCC(F)(F)F)c(C3CCC3)cn2)no1. The van der Waals surface area contributed by atoms with Gasteiger partial charge in [-0.05, 0) is 25.7 Å². The molecule has 1 fully saturated rings. The maximum Gasteiger partial charge on any atom is 0.422 e. The average Bonchev–Trinajstić information content (AvgIpc) is 3.04. The van der Waals surface area contributed by atoms with Gasteiger partial charge in [0.15, 0.2) is 12.4 Å². The molecule has 1 atom stereocenters. The van der Waals surface area contributed by atoms with Gasteiger partial charge >= 0.3 is 6.18 Å². The second kappa shape index (κ2) is 8.68. The van der Waals surface area contributed by atoms with Crippen molar-refractivity contribution in [1.82, 2.24) is 20.4 Å². The molecule has 176 valence electrons. The van der Waals surface area contributed by atoms with Gasteiger partial charge in [-0.3, -0.25) is 9.78 Å². The first-order chi connectivity index (χ1) is 14.8. The van der Waals surface area contributed by atoms with Crippen molar-refractivity contribution in [1.29, 1.82) is 0 Å². The summed E-state index contributed by atoms with van der Waals surface area (Å²) in [6.07, 6.45) is 0.293. The molecular weight excluding hydrogens is 453 g/mol. The zero-order valence-electron chi connectivity index (χ0n) is 17.7. The second-order valence-electron chi connectivity index (χ2n) is 8.13. The number of hydrogen-bond donors (Lipinski definition) is 1. The smallest absolute Gasteiger partial charge is 0.422 e. The van der Waals surface area contributed by atoms with Gasteiger partial charge in [0.05, 0.1) is 5.75 Å². The highest BCUT2D eigenvalue weighted by Gasteiger charge is 2.38. The van der Waals surface area contributed by atoms with Crippen LogP contribution in [0.15, 0.2) is 16.8 Å². The second-order valence-corrected chi connectivity index (χ2v) is 10.3. The van der Waals surface area contributed by atoms with E-state index in [2.05, 4.69) is 20.4 Å². The fourth-order valence-corrected chi connectivity index (χ4v) is 4.65. The Kier molecular flexibility index (Phi) is 6.50. The average molecular weight is 476 g/mol. The van der Waals surface area contributed by atoms with Gasteiger partial charge in [-0.2, -0.15) is 18.2 Å². The summed E-state index contributed by atoms with van der Waals surface area (Å²) in [6.45, 7) is 1.40. The van der Waals surface area contributed by atoms with Gasteiger partial charge in [0.25, 0.3) is 5.91 Å². The molecule has 0 spiro atoms. The highest BCUT2D eigenvalue weighted by atomic mass is 32.2. The number of pyridine rings is 1. The molecule has 1 aliphatic rings. The number of carbonyl (C=O) groups is 1. The van der Waals surface area contributed by atoms with Crippen LogP contribution in [-0.2, 0) is 15.4 Å². The lowest BCUT2D eigenvalue weighted by Crippen LogP contribution is -2.49. The summed E-state index contributed by atoms with van der Waals surface area (Å²) < 4.78 is 71.9. The highest BCUT2D eigenvalue weighted by molar-refractivity contribution is 7.90. The first kappa shape index (κ1) is 24.0. The third kappa shape index (κ3) is 5.96. The van der Waals surface area contributed by atoms with Gasteiger partial charge in [0.1, 0.15) is 26.8 Å². The number of hydrogen-bond acceptors (Lipinski definition) is 8. The van der Waals surface area contributed by atoms with Crippen molar-refractivity contribution in [3.8, 4) is 5.75 Å². The molecule has 1 amide bonds. The third-order valence-electron chi connectivity index (χ3n) is 5.03. The Bertz CT molecular complexity index is 1100. The minimum Gasteiger partial charge on any atom is -0.484 e. The lowest BCUT2D eigenvalue weighted by molar-refractivity contribution is -0.153. The van der Waals surface area contributed by atoms with Gasteiger partial charge in [-0.1, -0.05) is 11.6 Å². The number of rotatable bonds is 8. The molecule has 32 heavy (non-hydrogen) atoms. The quantitative estimate of drug-likeness (QED) is 0.617. The Balaban J connectivity index is 1.90. The molecule has 1 saturated carbocycles. The number of aromatic nitrogens is 3. The summed E-state index contributed by atoms with van der Waals surface area (Å²) in [5, 5.41) is 6.24. The third-order valence-corrected chi connectivity index (χ3v) is 6.13. The van der Waals surface area contributed by atoms with Crippen LogP contribution in [0.3, 0.4) is 0 Å². The summed E-state index contributed by atoms with van der Waals surface area (Å²) in [5.74, 6) is -1.32. The van der Waals surface area contributed by atoms with E-state index >= 15 is 0 Å². The summed E-state index contributed by atoms with van der Waals surface area (Å²) in [6, 6.07) is 1.14. The topological polar surface area (TPSA) is 124 Å². The number of alkyl halides is 3. The van der Waals surface area contributed by atoms with Crippen molar-refractivity contribution >= 4 is 15.7 Å². The number of nitrogens with zero attached hydrogens (tertiary/aromatic N) is 3. The summed E-state index contributed by atoms with van der Waals surface area (Å²) >= 11 is 0. The Labute approximate surface area is 182 Å². The molecule has 2 aromatic heterocycles. The minimum atomic E-state index is -4.55. The van der Waals surface area contributed by atoms with Crippen molar-refractivity contribution in [2.24, 2.45) is 0 Å². The van der Waals surface area contributed by atoms with Gasteiger partial charge < -0.3 is 14.6 Å². The van der Waals surface area contributed by atoms with Gasteiger partial charge in [0.2, 0.25) is 5.89 Å². The van der Waals surface area contributed by atoms with Gasteiger partial charge in [0, 0.05) is 31.0 Å². The van der Waals surface area contributed by atoms with Crippen LogP contribution in [0.4, 0.5) is 13.2 Å². The van der Waals surface area contributed by atoms with Crippen LogP contribution in [0.1, 0.15) is 59.9 Å². The number of aryl methyl sites for hydroxylation is 1.